The molecule has 0 unspecified atom stereocenters. The number of carbonyl (C=O) groups excluding carboxylic acids is 3. The van der Waals surface area contributed by atoms with Crippen molar-refractivity contribution < 1.29 is 24.2 Å². The molecule has 35 heavy (non-hydrogen) atoms. The molecule has 1 aliphatic heterocycles. The summed E-state index contributed by atoms with van der Waals surface area (Å²) in [5, 5.41) is 13.5. The number of carbonyl (C=O) groups is 3. The van der Waals surface area contributed by atoms with Gasteiger partial charge in [0.1, 0.15) is 11.9 Å². The van der Waals surface area contributed by atoms with E-state index in [2.05, 4.69) is 5.32 Å². The summed E-state index contributed by atoms with van der Waals surface area (Å²) in [6, 6.07) is 13.4. The van der Waals surface area contributed by atoms with Crippen molar-refractivity contribution in [1.82, 2.24) is 4.90 Å². The third-order valence-corrected chi connectivity index (χ3v) is 5.86. The van der Waals surface area contributed by atoms with Gasteiger partial charge in [-0.1, -0.05) is 70.2 Å². The van der Waals surface area contributed by atoms with Gasteiger partial charge in [-0.3, -0.25) is 19.3 Å². The third-order valence-electron chi connectivity index (χ3n) is 5.86. The normalized spacial score (nSPS) is 19.3. The molecule has 2 aromatic carbocycles. The van der Waals surface area contributed by atoms with Crippen LogP contribution < -0.4 is 15.8 Å². The highest BCUT2D eigenvalue weighted by atomic mass is 16.5. The Morgan fingerprint density at radius 1 is 0.971 bits per heavy atom. The van der Waals surface area contributed by atoms with Gasteiger partial charge in [0, 0.05) is 0 Å². The second-order valence-electron chi connectivity index (χ2n) is 9.81. The summed E-state index contributed by atoms with van der Waals surface area (Å²) in [7, 11) is 0. The number of anilines is 1. The quantitative estimate of drug-likeness (QED) is 0.532. The van der Waals surface area contributed by atoms with Gasteiger partial charge >= 0.3 is 0 Å². The smallest absolute Gasteiger partial charge is 0.258 e. The Labute approximate surface area is 206 Å². The van der Waals surface area contributed by atoms with E-state index < -0.39 is 42.0 Å². The molecule has 0 aromatic heterocycles. The number of aliphatic hydroxyl groups excluding tert-OH is 1. The molecule has 188 valence electrons. The van der Waals surface area contributed by atoms with Gasteiger partial charge in [0.25, 0.3) is 11.8 Å². The number of rotatable bonds is 8. The Bertz CT molecular complexity index is 1010. The second-order valence-corrected chi connectivity index (χ2v) is 9.81. The molecule has 3 amide bonds. The van der Waals surface area contributed by atoms with Crippen molar-refractivity contribution in [3.8, 4) is 5.75 Å². The molecular weight excluding hydrogens is 446 g/mol. The first-order valence-corrected chi connectivity index (χ1v) is 12.0. The number of nitrogens with zero attached hydrogens (tertiary/aromatic N) is 1. The van der Waals surface area contributed by atoms with E-state index in [0.29, 0.717) is 23.4 Å². The summed E-state index contributed by atoms with van der Waals surface area (Å²) in [6.07, 6.45) is -2.03. The number of benzene rings is 2. The second kappa shape index (κ2) is 11.5. The molecule has 1 aliphatic rings. The van der Waals surface area contributed by atoms with Crippen LogP contribution in [0.25, 0.3) is 0 Å². The van der Waals surface area contributed by atoms with E-state index in [0.717, 1.165) is 4.90 Å². The van der Waals surface area contributed by atoms with Crippen LogP contribution in [0.1, 0.15) is 52.2 Å². The summed E-state index contributed by atoms with van der Waals surface area (Å²) in [4.78, 5) is 41.7. The molecule has 2 aromatic rings. The summed E-state index contributed by atoms with van der Waals surface area (Å²) < 4.78 is 6.28. The van der Waals surface area contributed by atoms with Crippen LogP contribution in [0.4, 0.5) is 5.69 Å². The van der Waals surface area contributed by atoms with Crippen molar-refractivity contribution >= 4 is 23.4 Å². The molecule has 0 saturated heterocycles. The van der Waals surface area contributed by atoms with Crippen LogP contribution in [0.15, 0.2) is 54.6 Å². The molecule has 0 aliphatic carbocycles. The third kappa shape index (κ3) is 6.26. The minimum absolute atomic E-state index is 0.0105. The van der Waals surface area contributed by atoms with Gasteiger partial charge in [-0.05, 0) is 42.4 Å². The molecule has 8 nitrogen and oxygen atoms in total. The van der Waals surface area contributed by atoms with Gasteiger partial charge in [-0.2, -0.15) is 0 Å². The number of nitrogens with two attached hydrogens (primary N) is 1. The predicted molar refractivity (Wildman–Crippen MR) is 133 cm³/mol. The van der Waals surface area contributed by atoms with E-state index in [4.69, 9.17) is 10.5 Å². The molecule has 1 heterocycles. The van der Waals surface area contributed by atoms with Crippen molar-refractivity contribution in [2.75, 3.05) is 5.32 Å². The zero-order chi connectivity index (χ0) is 25.7. The standard InChI is InChI=1S/C27H35N3O5/c1-16(2)14-19(28)26(33)30(27(34)21(31)15-17(3)4)23-24(18-10-6-5-7-11-18)35-22-13-9-8-12-20(22)29-25(23)32/h5-13,16-17,19,21,23-24,31H,14-15,28H2,1-4H3,(H,29,32)/t19-,21-,23-,24+/m0/s1. The molecular formula is C27H35N3O5. The van der Waals surface area contributed by atoms with E-state index in [1.165, 1.54) is 0 Å². The summed E-state index contributed by atoms with van der Waals surface area (Å²) >= 11 is 0. The first kappa shape index (κ1) is 26.4. The average molecular weight is 482 g/mol. The lowest BCUT2D eigenvalue weighted by Crippen LogP contribution is -2.60. The number of aliphatic hydroxyl groups is 1. The van der Waals surface area contributed by atoms with E-state index in [1.807, 2.05) is 33.8 Å². The molecule has 0 fully saturated rings. The zero-order valence-corrected chi connectivity index (χ0v) is 20.7. The minimum atomic E-state index is -1.47. The summed E-state index contributed by atoms with van der Waals surface area (Å²) in [5.74, 6) is -1.70. The van der Waals surface area contributed by atoms with Gasteiger partial charge in [0.2, 0.25) is 5.91 Å². The predicted octanol–water partition coefficient (Wildman–Crippen LogP) is 3.26. The van der Waals surface area contributed by atoms with Gasteiger partial charge in [-0.15, -0.1) is 0 Å². The Kier molecular flexibility index (Phi) is 8.64. The van der Waals surface area contributed by atoms with Crippen molar-refractivity contribution in [1.29, 1.82) is 0 Å². The number of ether oxygens (including phenoxy) is 1. The van der Waals surface area contributed by atoms with Gasteiger partial charge in [0.05, 0.1) is 11.7 Å². The first-order valence-electron chi connectivity index (χ1n) is 12.0. The molecule has 4 atom stereocenters. The van der Waals surface area contributed by atoms with Crippen LogP contribution in [-0.2, 0) is 14.4 Å². The number of hydrogen-bond acceptors (Lipinski definition) is 6. The average Bonchev–Trinajstić information content (AvgIpc) is 2.95. The van der Waals surface area contributed by atoms with Gasteiger partial charge in [-0.25, -0.2) is 0 Å². The Balaban J connectivity index is 2.13. The molecule has 8 heteroatoms. The molecule has 0 radical (unpaired) electrons. The van der Waals surface area contributed by atoms with Gasteiger partial charge in [0.15, 0.2) is 12.1 Å². The lowest BCUT2D eigenvalue weighted by Gasteiger charge is -2.36. The lowest BCUT2D eigenvalue weighted by atomic mass is 9.96. The Morgan fingerprint density at radius 2 is 1.57 bits per heavy atom. The maximum atomic E-state index is 13.7. The number of nitrogens with one attached hydrogen (secondary N) is 1. The fraction of sp³-hybridized carbons (Fsp3) is 0.444. The highest BCUT2D eigenvalue weighted by Crippen LogP contribution is 2.37. The van der Waals surface area contributed by atoms with Crippen molar-refractivity contribution in [2.45, 2.75) is 64.8 Å². The van der Waals surface area contributed by atoms with E-state index in [1.54, 1.807) is 48.5 Å². The summed E-state index contributed by atoms with van der Waals surface area (Å²) in [5.41, 5.74) is 7.25. The van der Waals surface area contributed by atoms with Crippen LogP contribution in [-0.4, -0.2) is 45.9 Å². The molecule has 0 bridgehead atoms. The van der Waals surface area contributed by atoms with Crippen LogP contribution >= 0.6 is 0 Å². The van der Waals surface area contributed by atoms with Gasteiger partial charge < -0.3 is 20.9 Å². The van der Waals surface area contributed by atoms with Crippen molar-refractivity contribution in [3.63, 3.8) is 0 Å². The van der Waals surface area contributed by atoms with E-state index in [-0.39, 0.29) is 18.3 Å². The SMILES string of the molecule is CC(C)C[C@H](N)C(=O)N(C(=O)[C@@H](O)CC(C)C)[C@@H]1C(=O)Nc2ccccc2O[C@@H]1c1ccccc1. The maximum absolute atomic E-state index is 13.7. The Hall–Kier alpha value is -3.23. The topological polar surface area (TPSA) is 122 Å². The first-order chi connectivity index (χ1) is 16.6. The largest absolute Gasteiger partial charge is 0.481 e. The van der Waals surface area contributed by atoms with Crippen LogP contribution in [0.5, 0.6) is 5.75 Å². The number of amides is 3. The van der Waals surface area contributed by atoms with E-state index in [9.17, 15) is 19.5 Å². The lowest BCUT2D eigenvalue weighted by molar-refractivity contribution is -0.160. The van der Waals surface area contributed by atoms with Crippen LogP contribution in [0.3, 0.4) is 0 Å². The highest BCUT2D eigenvalue weighted by Gasteiger charge is 2.46. The maximum Gasteiger partial charge on any atom is 0.258 e. The van der Waals surface area contributed by atoms with Crippen molar-refractivity contribution in [3.05, 3.63) is 60.2 Å². The molecule has 0 saturated carbocycles. The molecule has 0 spiro atoms. The van der Waals surface area contributed by atoms with Crippen LogP contribution in [0, 0.1) is 11.8 Å². The number of hydrogen-bond donors (Lipinski definition) is 3. The summed E-state index contributed by atoms with van der Waals surface area (Å²) in [6.45, 7) is 7.55. The number of para-hydroxylation sites is 2. The fourth-order valence-corrected chi connectivity index (χ4v) is 4.24. The van der Waals surface area contributed by atoms with E-state index >= 15 is 0 Å². The highest BCUT2D eigenvalue weighted by molar-refractivity contribution is 6.07. The molecule has 3 rings (SSSR count). The Morgan fingerprint density at radius 3 is 2.20 bits per heavy atom. The fourth-order valence-electron chi connectivity index (χ4n) is 4.24. The minimum Gasteiger partial charge on any atom is -0.481 e. The van der Waals surface area contributed by atoms with Crippen molar-refractivity contribution in [2.24, 2.45) is 17.6 Å². The number of imide groups is 1. The van der Waals surface area contributed by atoms with Crippen LogP contribution in [0.2, 0.25) is 0 Å². The monoisotopic (exact) mass is 481 g/mol. The number of fused-ring (bicyclic) bond motifs is 1. The molecule has 4 N–H and O–H groups in total. The zero-order valence-electron chi connectivity index (χ0n) is 20.7.